The van der Waals surface area contributed by atoms with Crippen LogP contribution in [-0.4, -0.2) is 40.6 Å². The number of carbonyl (C=O) groups excluding carboxylic acids is 2. The average Bonchev–Trinajstić information content (AvgIpc) is 2.95. The molecule has 2 aromatic rings. The minimum Gasteiger partial charge on any atom is -0.393 e. The zero-order valence-corrected chi connectivity index (χ0v) is 14.5. The van der Waals surface area contributed by atoms with E-state index < -0.39 is 0 Å². The number of fused-ring (bicyclic) bond motifs is 3. The number of nitrogens with one attached hydrogen (secondary N) is 3. The molecule has 1 aliphatic carbocycles. The first-order chi connectivity index (χ1) is 12.6. The number of aromatic amines is 1. The van der Waals surface area contributed by atoms with Gasteiger partial charge in [0.05, 0.1) is 6.10 Å². The quantitative estimate of drug-likeness (QED) is 0.623. The lowest BCUT2D eigenvalue weighted by Gasteiger charge is -2.25. The Balaban J connectivity index is 1.64. The number of benzene rings is 1. The van der Waals surface area contributed by atoms with Crippen LogP contribution in [0.1, 0.15) is 48.2 Å². The number of H-pyrrole nitrogens is 1. The van der Waals surface area contributed by atoms with Gasteiger partial charge in [0.25, 0.3) is 5.91 Å². The number of amides is 2. The van der Waals surface area contributed by atoms with Crippen molar-refractivity contribution in [1.29, 1.82) is 0 Å². The van der Waals surface area contributed by atoms with E-state index in [1.54, 1.807) is 6.08 Å². The van der Waals surface area contributed by atoms with Gasteiger partial charge in [0.2, 0.25) is 5.91 Å². The van der Waals surface area contributed by atoms with E-state index in [1.807, 2.05) is 24.3 Å². The molecule has 0 radical (unpaired) electrons. The normalized spacial score (nSPS) is 24.8. The molecule has 1 saturated carbocycles. The Hall–Kier alpha value is -2.60. The second-order valence-electron chi connectivity index (χ2n) is 7.11. The van der Waals surface area contributed by atoms with E-state index in [0.29, 0.717) is 18.7 Å². The molecular formula is C20H23N3O3. The summed E-state index contributed by atoms with van der Waals surface area (Å²) in [6.07, 6.45) is 5.05. The van der Waals surface area contributed by atoms with Crippen LogP contribution in [0.3, 0.4) is 0 Å². The van der Waals surface area contributed by atoms with Crippen molar-refractivity contribution in [3.63, 3.8) is 0 Å². The van der Waals surface area contributed by atoms with Crippen LogP contribution in [0.2, 0.25) is 0 Å². The predicted octanol–water partition coefficient (Wildman–Crippen LogP) is 2.10. The molecule has 2 amide bonds. The summed E-state index contributed by atoms with van der Waals surface area (Å²) in [6.45, 7) is 0.504. The van der Waals surface area contributed by atoms with Gasteiger partial charge in [-0.05, 0) is 43.7 Å². The first-order valence-corrected chi connectivity index (χ1v) is 9.20. The molecule has 2 heterocycles. The number of hydrogen-bond donors (Lipinski definition) is 4. The van der Waals surface area contributed by atoms with Crippen molar-refractivity contribution in [3.05, 3.63) is 41.6 Å². The van der Waals surface area contributed by atoms with E-state index in [4.69, 9.17) is 0 Å². The lowest BCUT2D eigenvalue weighted by atomic mass is 9.93. The maximum absolute atomic E-state index is 12.6. The summed E-state index contributed by atoms with van der Waals surface area (Å²) < 4.78 is 0. The fraction of sp³-hybridized carbons (Fsp3) is 0.400. The lowest BCUT2D eigenvalue weighted by molar-refractivity contribution is -0.117. The second-order valence-corrected chi connectivity index (χ2v) is 7.11. The highest BCUT2D eigenvalue weighted by atomic mass is 16.3. The average molecular weight is 353 g/mol. The molecule has 6 nitrogen and oxygen atoms in total. The molecule has 1 aromatic heterocycles. The fourth-order valence-electron chi connectivity index (χ4n) is 3.94. The number of para-hydroxylation sites is 1. The molecule has 26 heavy (non-hydrogen) atoms. The van der Waals surface area contributed by atoms with Gasteiger partial charge >= 0.3 is 0 Å². The Labute approximate surface area is 151 Å². The third-order valence-electron chi connectivity index (χ3n) is 5.28. The molecule has 1 fully saturated rings. The van der Waals surface area contributed by atoms with Crippen LogP contribution in [0.15, 0.2) is 30.3 Å². The number of aliphatic hydroxyl groups is 1. The van der Waals surface area contributed by atoms with Gasteiger partial charge < -0.3 is 20.7 Å². The highest BCUT2D eigenvalue weighted by molar-refractivity contribution is 6.10. The van der Waals surface area contributed by atoms with Crippen molar-refractivity contribution in [2.45, 2.75) is 44.2 Å². The molecule has 4 rings (SSSR count). The van der Waals surface area contributed by atoms with Gasteiger partial charge in [0.1, 0.15) is 5.69 Å². The van der Waals surface area contributed by atoms with Crippen LogP contribution in [-0.2, 0) is 4.79 Å². The van der Waals surface area contributed by atoms with Crippen LogP contribution < -0.4 is 10.6 Å². The Kier molecular flexibility index (Phi) is 4.51. The molecule has 1 aliphatic heterocycles. The fourth-order valence-corrected chi connectivity index (χ4v) is 3.94. The third-order valence-corrected chi connectivity index (χ3v) is 5.28. The molecule has 136 valence electrons. The number of hydrogen-bond acceptors (Lipinski definition) is 3. The van der Waals surface area contributed by atoms with Crippen molar-refractivity contribution in [1.82, 2.24) is 15.6 Å². The number of carbonyl (C=O) groups is 2. The van der Waals surface area contributed by atoms with Gasteiger partial charge in [-0.15, -0.1) is 0 Å². The first-order valence-electron chi connectivity index (χ1n) is 9.20. The van der Waals surface area contributed by atoms with Gasteiger partial charge in [-0.3, -0.25) is 9.59 Å². The van der Waals surface area contributed by atoms with Gasteiger partial charge in [0, 0.05) is 35.1 Å². The standard InChI is InChI=1S/C20H23N3O3/c24-14-7-5-13(6-8-14)22-17(25)11-12-9-10-21-20(26)19-18(12)15-3-1-2-4-16(15)23-19/h1-4,11,13-14,23-24H,5-10H2,(H,21,26)(H,22,25). The van der Waals surface area contributed by atoms with Gasteiger partial charge in [0.15, 0.2) is 0 Å². The minimum absolute atomic E-state index is 0.107. The van der Waals surface area contributed by atoms with E-state index in [-0.39, 0.29) is 24.0 Å². The summed E-state index contributed by atoms with van der Waals surface area (Å²) in [7, 11) is 0. The molecule has 6 heteroatoms. The highest BCUT2D eigenvalue weighted by Crippen LogP contribution is 2.32. The maximum Gasteiger partial charge on any atom is 0.268 e. The van der Waals surface area contributed by atoms with Crippen LogP contribution in [0.5, 0.6) is 0 Å². The number of aromatic nitrogens is 1. The Morgan fingerprint density at radius 1 is 1.19 bits per heavy atom. The van der Waals surface area contributed by atoms with Gasteiger partial charge in [-0.25, -0.2) is 0 Å². The SMILES string of the molecule is O=C(C=C1CCNC(=O)c2[nH]c3ccccc3c21)NC1CCC(O)CC1. The monoisotopic (exact) mass is 353 g/mol. The van der Waals surface area contributed by atoms with Crippen LogP contribution in [0.25, 0.3) is 16.5 Å². The zero-order chi connectivity index (χ0) is 18.1. The third kappa shape index (κ3) is 3.24. The summed E-state index contributed by atoms with van der Waals surface area (Å²) in [5.41, 5.74) is 3.10. The van der Waals surface area contributed by atoms with Crippen molar-refractivity contribution in [3.8, 4) is 0 Å². The molecule has 4 N–H and O–H groups in total. The summed E-state index contributed by atoms with van der Waals surface area (Å²) >= 11 is 0. The smallest absolute Gasteiger partial charge is 0.268 e. The van der Waals surface area contributed by atoms with E-state index in [0.717, 1.165) is 47.7 Å². The summed E-state index contributed by atoms with van der Waals surface area (Å²) in [6, 6.07) is 7.86. The molecule has 0 saturated heterocycles. The summed E-state index contributed by atoms with van der Waals surface area (Å²) in [4.78, 5) is 28.1. The van der Waals surface area contributed by atoms with Crippen molar-refractivity contribution in [2.75, 3.05) is 6.54 Å². The zero-order valence-electron chi connectivity index (χ0n) is 14.5. The molecule has 1 aromatic carbocycles. The Morgan fingerprint density at radius 2 is 1.96 bits per heavy atom. The Morgan fingerprint density at radius 3 is 2.77 bits per heavy atom. The predicted molar refractivity (Wildman–Crippen MR) is 99.6 cm³/mol. The van der Waals surface area contributed by atoms with Gasteiger partial charge in [-0.2, -0.15) is 0 Å². The molecule has 2 aliphatic rings. The van der Waals surface area contributed by atoms with E-state index in [9.17, 15) is 14.7 Å². The molecule has 0 bridgehead atoms. The van der Waals surface area contributed by atoms with Crippen molar-refractivity contribution >= 4 is 28.3 Å². The topological polar surface area (TPSA) is 94.2 Å². The minimum atomic E-state index is -0.241. The second kappa shape index (κ2) is 6.96. The van der Waals surface area contributed by atoms with Crippen molar-refractivity contribution in [2.24, 2.45) is 0 Å². The van der Waals surface area contributed by atoms with Crippen LogP contribution in [0.4, 0.5) is 0 Å². The van der Waals surface area contributed by atoms with Crippen LogP contribution >= 0.6 is 0 Å². The summed E-state index contributed by atoms with van der Waals surface area (Å²) in [5.74, 6) is -0.270. The number of aliphatic hydroxyl groups excluding tert-OH is 1. The van der Waals surface area contributed by atoms with Crippen LogP contribution in [0, 0.1) is 0 Å². The molecule has 0 spiro atoms. The largest absolute Gasteiger partial charge is 0.393 e. The highest BCUT2D eigenvalue weighted by Gasteiger charge is 2.25. The first kappa shape index (κ1) is 16.8. The molecule has 0 unspecified atom stereocenters. The lowest BCUT2D eigenvalue weighted by Crippen LogP contribution is -2.37. The maximum atomic E-state index is 12.6. The van der Waals surface area contributed by atoms with E-state index >= 15 is 0 Å². The molecule has 0 atom stereocenters. The van der Waals surface area contributed by atoms with E-state index in [2.05, 4.69) is 15.6 Å². The summed E-state index contributed by atoms with van der Waals surface area (Å²) in [5, 5.41) is 16.5. The van der Waals surface area contributed by atoms with Crippen molar-refractivity contribution < 1.29 is 14.7 Å². The van der Waals surface area contributed by atoms with Gasteiger partial charge in [-0.1, -0.05) is 18.2 Å². The number of rotatable bonds is 2. The van der Waals surface area contributed by atoms with E-state index in [1.165, 1.54) is 0 Å². The Bertz CT molecular complexity index is 876. The molecular weight excluding hydrogens is 330 g/mol.